The van der Waals surface area contributed by atoms with Gasteiger partial charge in [0.15, 0.2) is 0 Å². The van der Waals surface area contributed by atoms with Gasteiger partial charge in [-0.2, -0.15) is 0 Å². The van der Waals surface area contributed by atoms with Gasteiger partial charge in [0.05, 0.1) is 7.11 Å². The number of anilines is 1. The number of benzene rings is 3. The average molecular weight is 305 g/mol. The van der Waals surface area contributed by atoms with Crippen molar-refractivity contribution in [3.8, 4) is 17.2 Å². The van der Waals surface area contributed by atoms with E-state index in [0.717, 1.165) is 29.5 Å². The van der Waals surface area contributed by atoms with Gasteiger partial charge < -0.3 is 14.8 Å². The minimum atomic E-state index is 0.788. The maximum absolute atomic E-state index is 5.81. The third-order valence-corrected chi connectivity index (χ3v) is 3.49. The first-order chi connectivity index (χ1) is 11.3. The van der Waals surface area contributed by atoms with E-state index in [4.69, 9.17) is 9.47 Å². The molecule has 0 unspecified atom stereocenters. The highest BCUT2D eigenvalue weighted by Gasteiger charge is 1.99. The molecule has 0 aliphatic heterocycles. The molecular weight excluding hydrogens is 286 g/mol. The van der Waals surface area contributed by atoms with Gasteiger partial charge in [-0.25, -0.2) is 0 Å². The van der Waals surface area contributed by atoms with Crippen LogP contribution < -0.4 is 14.8 Å². The standard InChI is InChI=1S/C20H19NO2/c1-22-18-11-13-20(14-12-18)23-19-9-7-17(8-10-19)21-15-16-5-3-2-4-6-16/h2-14,21H,15H2,1H3. The zero-order chi connectivity index (χ0) is 15.9. The topological polar surface area (TPSA) is 30.5 Å². The molecule has 3 rings (SSSR count). The van der Waals surface area contributed by atoms with Gasteiger partial charge in [0, 0.05) is 12.2 Å². The van der Waals surface area contributed by atoms with Crippen LogP contribution >= 0.6 is 0 Å². The second kappa shape index (κ2) is 7.36. The van der Waals surface area contributed by atoms with Crippen molar-refractivity contribution in [3.63, 3.8) is 0 Å². The summed E-state index contributed by atoms with van der Waals surface area (Å²) in [6.07, 6.45) is 0. The van der Waals surface area contributed by atoms with E-state index in [-0.39, 0.29) is 0 Å². The Morgan fingerprint density at radius 2 is 1.26 bits per heavy atom. The van der Waals surface area contributed by atoms with Crippen molar-refractivity contribution < 1.29 is 9.47 Å². The van der Waals surface area contributed by atoms with Crippen molar-refractivity contribution >= 4 is 5.69 Å². The van der Waals surface area contributed by atoms with Gasteiger partial charge in [0.1, 0.15) is 17.2 Å². The number of nitrogens with one attached hydrogen (secondary N) is 1. The van der Waals surface area contributed by atoms with Crippen molar-refractivity contribution in [3.05, 3.63) is 84.4 Å². The molecule has 0 saturated carbocycles. The molecule has 3 heteroatoms. The number of ether oxygens (including phenoxy) is 2. The molecule has 0 aliphatic rings. The highest BCUT2D eigenvalue weighted by molar-refractivity contribution is 5.47. The number of methoxy groups -OCH3 is 1. The molecule has 0 radical (unpaired) electrons. The van der Waals surface area contributed by atoms with E-state index in [1.807, 2.05) is 66.7 Å². The lowest BCUT2D eigenvalue weighted by molar-refractivity contribution is 0.413. The van der Waals surface area contributed by atoms with Crippen LogP contribution in [-0.2, 0) is 6.54 Å². The summed E-state index contributed by atoms with van der Waals surface area (Å²) < 4.78 is 10.9. The Balaban J connectivity index is 1.58. The molecule has 3 aromatic rings. The highest BCUT2D eigenvalue weighted by atomic mass is 16.5. The van der Waals surface area contributed by atoms with Crippen molar-refractivity contribution in [2.75, 3.05) is 12.4 Å². The summed E-state index contributed by atoms with van der Waals surface area (Å²) >= 11 is 0. The Kier molecular flexibility index (Phi) is 4.79. The third-order valence-electron chi connectivity index (χ3n) is 3.49. The summed E-state index contributed by atoms with van der Waals surface area (Å²) in [7, 11) is 1.65. The molecule has 0 spiro atoms. The number of hydrogen-bond donors (Lipinski definition) is 1. The minimum absolute atomic E-state index is 0.788. The monoisotopic (exact) mass is 305 g/mol. The van der Waals surface area contributed by atoms with E-state index >= 15 is 0 Å². The average Bonchev–Trinajstić information content (AvgIpc) is 2.63. The Bertz CT molecular complexity index is 722. The lowest BCUT2D eigenvalue weighted by Gasteiger charge is -2.09. The van der Waals surface area contributed by atoms with E-state index in [0.29, 0.717) is 0 Å². The van der Waals surface area contributed by atoms with E-state index in [9.17, 15) is 0 Å². The van der Waals surface area contributed by atoms with Gasteiger partial charge in [-0.1, -0.05) is 30.3 Å². The molecule has 0 saturated heterocycles. The predicted molar refractivity (Wildman–Crippen MR) is 93.3 cm³/mol. The second-order valence-corrected chi connectivity index (χ2v) is 5.14. The van der Waals surface area contributed by atoms with E-state index in [1.54, 1.807) is 7.11 Å². The molecule has 3 aromatic carbocycles. The molecule has 116 valence electrons. The minimum Gasteiger partial charge on any atom is -0.497 e. The first-order valence-electron chi connectivity index (χ1n) is 7.53. The molecule has 1 N–H and O–H groups in total. The zero-order valence-electron chi connectivity index (χ0n) is 13.0. The van der Waals surface area contributed by atoms with Gasteiger partial charge in [0.25, 0.3) is 0 Å². The summed E-state index contributed by atoms with van der Waals surface area (Å²) in [5, 5.41) is 3.40. The van der Waals surface area contributed by atoms with Crippen LogP contribution in [0.4, 0.5) is 5.69 Å². The second-order valence-electron chi connectivity index (χ2n) is 5.14. The van der Waals surface area contributed by atoms with Gasteiger partial charge in [-0.15, -0.1) is 0 Å². The molecule has 0 fully saturated rings. The first kappa shape index (κ1) is 15.0. The van der Waals surface area contributed by atoms with Crippen LogP contribution in [0.5, 0.6) is 17.2 Å². The largest absolute Gasteiger partial charge is 0.497 e. The fraction of sp³-hybridized carbons (Fsp3) is 0.100. The molecule has 0 amide bonds. The molecule has 23 heavy (non-hydrogen) atoms. The Morgan fingerprint density at radius 1 is 0.696 bits per heavy atom. The Morgan fingerprint density at radius 3 is 1.87 bits per heavy atom. The maximum atomic E-state index is 5.81. The van der Waals surface area contributed by atoms with Crippen LogP contribution in [0.15, 0.2) is 78.9 Å². The Hall–Kier alpha value is -2.94. The van der Waals surface area contributed by atoms with Crippen molar-refractivity contribution in [1.82, 2.24) is 0 Å². The summed E-state index contributed by atoms with van der Waals surface area (Å²) in [5.74, 6) is 2.41. The number of hydrogen-bond acceptors (Lipinski definition) is 3. The van der Waals surface area contributed by atoms with Crippen molar-refractivity contribution in [1.29, 1.82) is 0 Å². The SMILES string of the molecule is COc1ccc(Oc2ccc(NCc3ccccc3)cc2)cc1. The quantitative estimate of drug-likeness (QED) is 0.687. The lowest BCUT2D eigenvalue weighted by atomic mass is 10.2. The zero-order valence-corrected chi connectivity index (χ0v) is 13.0. The van der Waals surface area contributed by atoms with Crippen molar-refractivity contribution in [2.24, 2.45) is 0 Å². The molecule has 0 atom stereocenters. The van der Waals surface area contributed by atoms with Crippen LogP contribution in [0.2, 0.25) is 0 Å². The van der Waals surface area contributed by atoms with Crippen LogP contribution in [0, 0.1) is 0 Å². The fourth-order valence-corrected chi connectivity index (χ4v) is 2.22. The summed E-state index contributed by atoms with van der Waals surface area (Å²) in [6, 6.07) is 25.8. The number of rotatable bonds is 6. The molecule has 3 nitrogen and oxygen atoms in total. The molecule has 0 bridgehead atoms. The van der Waals surface area contributed by atoms with E-state index < -0.39 is 0 Å². The Labute approximate surface area is 136 Å². The first-order valence-corrected chi connectivity index (χ1v) is 7.53. The van der Waals surface area contributed by atoms with E-state index in [2.05, 4.69) is 17.4 Å². The van der Waals surface area contributed by atoms with E-state index in [1.165, 1.54) is 5.56 Å². The van der Waals surface area contributed by atoms with Crippen molar-refractivity contribution in [2.45, 2.75) is 6.54 Å². The maximum Gasteiger partial charge on any atom is 0.127 e. The smallest absolute Gasteiger partial charge is 0.127 e. The van der Waals surface area contributed by atoms with Gasteiger partial charge in [0.2, 0.25) is 0 Å². The van der Waals surface area contributed by atoms with Gasteiger partial charge >= 0.3 is 0 Å². The molecular formula is C20H19NO2. The summed E-state index contributed by atoms with van der Waals surface area (Å²) in [5.41, 5.74) is 2.32. The van der Waals surface area contributed by atoms with Crippen LogP contribution in [0.3, 0.4) is 0 Å². The molecule has 0 aromatic heterocycles. The van der Waals surface area contributed by atoms with Gasteiger partial charge in [-0.3, -0.25) is 0 Å². The summed E-state index contributed by atoms with van der Waals surface area (Å²) in [4.78, 5) is 0. The molecule has 0 heterocycles. The summed E-state index contributed by atoms with van der Waals surface area (Å²) in [6.45, 7) is 0.805. The molecule has 0 aliphatic carbocycles. The highest BCUT2D eigenvalue weighted by Crippen LogP contribution is 2.25. The van der Waals surface area contributed by atoms with Crippen LogP contribution in [0.1, 0.15) is 5.56 Å². The normalized spacial score (nSPS) is 10.1. The lowest BCUT2D eigenvalue weighted by Crippen LogP contribution is -1.98. The van der Waals surface area contributed by atoms with Gasteiger partial charge in [-0.05, 0) is 54.1 Å². The van der Waals surface area contributed by atoms with Crippen LogP contribution in [0.25, 0.3) is 0 Å². The van der Waals surface area contributed by atoms with Crippen LogP contribution in [-0.4, -0.2) is 7.11 Å². The third kappa shape index (κ3) is 4.27. The fourth-order valence-electron chi connectivity index (χ4n) is 2.22. The predicted octanol–water partition coefficient (Wildman–Crippen LogP) is 5.10.